The summed E-state index contributed by atoms with van der Waals surface area (Å²) in [6.45, 7) is 3.69. The lowest BCUT2D eigenvalue weighted by Gasteiger charge is -2.11. The molecule has 1 atom stereocenters. The average molecular weight is 416 g/mol. The van der Waals surface area contributed by atoms with Crippen molar-refractivity contribution in [2.75, 3.05) is 25.1 Å². The number of hydrogen-bond donors (Lipinski definition) is 1. The van der Waals surface area contributed by atoms with Gasteiger partial charge in [0.2, 0.25) is 0 Å². The molecule has 1 saturated heterocycles. The number of halogens is 2. The minimum absolute atomic E-state index is 0.0490. The lowest BCUT2D eigenvalue weighted by Crippen LogP contribution is -2.16. The molecule has 158 valence electrons. The maximum Gasteiger partial charge on any atom is 0.280 e. The molecule has 1 aliphatic heterocycles. The van der Waals surface area contributed by atoms with E-state index >= 15 is 0 Å². The minimum atomic E-state index is -2.72. The lowest BCUT2D eigenvalue weighted by atomic mass is 10.0. The first-order valence-electron chi connectivity index (χ1n) is 9.82. The first-order chi connectivity index (χ1) is 14.5. The van der Waals surface area contributed by atoms with Gasteiger partial charge >= 0.3 is 0 Å². The van der Waals surface area contributed by atoms with Crippen molar-refractivity contribution in [3.8, 4) is 5.75 Å². The Balaban J connectivity index is 1.61. The number of alkyl halides is 2. The van der Waals surface area contributed by atoms with Crippen LogP contribution in [0.15, 0.2) is 36.7 Å². The van der Waals surface area contributed by atoms with Gasteiger partial charge in [-0.2, -0.15) is 0 Å². The van der Waals surface area contributed by atoms with E-state index in [1.54, 1.807) is 16.7 Å². The van der Waals surface area contributed by atoms with Crippen molar-refractivity contribution >= 4 is 17.4 Å². The monoisotopic (exact) mass is 416 g/mol. The summed E-state index contributed by atoms with van der Waals surface area (Å²) in [6, 6.07) is 5.80. The molecule has 0 unspecified atom stereocenters. The molecule has 4 heterocycles. The highest BCUT2D eigenvalue weighted by atomic mass is 19.3. The van der Waals surface area contributed by atoms with Crippen molar-refractivity contribution in [2.45, 2.75) is 26.2 Å². The number of carbonyl (C=O) groups is 1. The molecule has 3 aromatic rings. The Morgan fingerprint density at radius 1 is 1.37 bits per heavy atom. The molecule has 0 saturated carbocycles. The van der Waals surface area contributed by atoms with Crippen molar-refractivity contribution < 1.29 is 23.0 Å². The van der Waals surface area contributed by atoms with E-state index in [4.69, 9.17) is 9.47 Å². The van der Waals surface area contributed by atoms with E-state index in [1.165, 1.54) is 18.2 Å². The van der Waals surface area contributed by atoms with Crippen LogP contribution in [0.25, 0.3) is 5.65 Å². The van der Waals surface area contributed by atoms with Gasteiger partial charge in [0.1, 0.15) is 22.9 Å². The Morgan fingerprint density at radius 2 is 2.23 bits per heavy atom. The van der Waals surface area contributed by atoms with Gasteiger partial charge in [-0.3, -0.25) is 4.79 Å². The lowest BCUT2D eigenvalue weighted by molar-refractivity contribution is 0.102. The number of nitrogens with zero attached hydrogens (tertiary/aromatic N) is 3. The number of fused-ring (bicyclic) bond motifs is 1. The number of aromatic nitrogens is 3. The van der Waals surface area contributed by atoms with Crippen LogP contribution in [0, 0.1) is 5.92 Å². The molecular formula is C21H22F2N4O3. The Hall–Kier alpha value is -3.07. The largest absolute Gasteiger partial charge is 0.493 e. The summed E-state index contributed by atoms with van der Waals surface area (Å²) in [5, 5.41) is 2.57. The summed E-state index contributed by atoms with van der Waals surface area (Å²) in [5.74, 6) is 0.359. The van der Waals surface area contributed by atoms with E-state index in [0.29, 0.717) is 23.9 Å². The molecular weight excluding hydrogens is 394 g/mol. The minimum Gasteiger partial charge on any atom is -0.493 e. The number of ether oxygens (including phenoxy) is 2. The van der Waals surface area contributed by atoms with Gasteiger partial charge in [0.15, 0.2) is 0 Å². The van der Waals surface area contributed by atoms with Gasteiger partial charge in [-0.05, 0) is 37.8 Å². The van der Waals surface area contributed by atoms with E-state index in [0.717, 1.165) is 31.7 Å². The van der Waals surface area contributed by atoms with E-state index in [2.05, 4.69) is 15.3 Å². The van der Waals surface area contributed by atoms with Crippen LogP contribution in [-0.4, -0.2) is 40.1 Å². The Kier molecular flexibility index (Phi) is 5.89. The topological polar surface area (TPSA) is 77.8 Å². The first-order valence-corrected chi connectivity index (χ1v) is 9.82. The molecule has 9 heteroatoms. The smallest absolute Gasteiger partial charge is 0.280 e. The molecule has 0 spiro atoms. The Morgan fingerprint density at radius 3 is 2.97 bits per heavy atom. The molecule has 1 amide bonds. The van der Waals surface area contributed by atoms with Crippen LogP contribution >= 0.6 is 0 Å². The summed E-state index contributed by atoms with van der Waals surface area (Å²) >= 11 is 0. The molecule has 0 aromatic carbocycles. The molecule has 4 rings (SSSR count). The highest BCUT2D eigenvalue weighted by molar-refractivity contribution is 6.05. The quantitative estimate of drug-likeness (QED) is 0.632. The number of imidazole rings is 1. The molecule has 1 fully saturated rings. The Labute approximate surface area is 172 Å². The zero-order valence-corrected chi connectivity index (χ0v) is 16.5. The second-order valence-electron chi connectivity index (χ2n) is 7.12. The van der Waals surface area contributed by atoms with Crippen molar-refractivity contribution in [3.05, 3.63) is 53.6 Å². The predicted octanol–water partition coefficient (Wildman–Crippen LogP) is 3.90. The second-order valence-corrected chi connectivity index (χ2v) is 7.12. The standard InChI is InChI=1S/C21H22F2N4O3/c1-2-30-17-9-19-24-14(8-13-6-7-29-12-13)10-27(19)11-15(17)21(28)26-18-5-3-4-16(25-18)20(22)23/h3-5,9-11,13,20H,2,6-8,12H2,1H3,(H,25,26,28)/t13-/m1/s1. The predicted molar refractivity (Wildman–Crippen MR) is 106 cm³/mol. The van der Waals surface area contributed by atoms with Crippen LogP contribution in [0.4, 0.5) is 14.6 Å². The summed E-state index contributed by atoms with van der Waals surface area (Å²) < 4.78 is 38.6. The number of nitrogens with one attached hydrogen (secondary N) is 1. The van der Waals surface area contributed by atoms with Crippen LogP contribution in [0.3, 0.4) is 0 Å². The first kappa shape index (κ1) is 20.2. The highest BCUT2D eigenvalue weighted by Crippen LogP contribution is 2.25. The summed E-state index contributed by atoms with van der Waals surface area (Å²) in [7, 11) is 0. The molecule has 0 aliphatic carbocycles. The number of carbonyl (C=O) groups excluding carboxylic acids is 1. The third-order valence-electron chi connectivity index (χ3n) is 4.91. The van der Waals surface area contributed by atoms with Gasteiger partial charge in [0.25, 0.3) is 12.3 Å². The van der Waals surface area contributed by atoms with Gasteiger partial charge in [-0.15, -0.1) is 0 Å². The summed E-state index contributed by atoms with van der Waals surface area (Å²) in [5.41, 5.74) is 1.45. The molecule has 0 bridgehead atoms. The molecule has 7 nitrogen and oxygen atoms in total. The van der Waals surface area contributed by atoms with Gasteiger partial charge in [0, 0.05) is 31.7 Å². The van der Waals surface area contributed by atoms with Crippen LogP contribution in [-0.2, 0) is 11.2 Å². The van der Waals surface area contributed by atoms with Crippen molar-refractivity contribution in [1.82, 2.24) is 14.4 Å². The molecule has 3 aromatic heterocycles. The van der Waals surface area contributed by atoms with Crippen molar-refractivity contribution in [1.29, 1.82) is 0 Å². The number of amides is 1. The number of hydrogen-bond acceptors (Lipinski definition) is 5. The number of anilines is 1. The highest BCUT2D eigenvalue weighted by Gasteiger charge is 2.20. The summed E-state index contributed by atoms with van der Waals surface area (Å²) in [6.07, 6.45) is 2.62. The normalized spacial score (nSPS) is 16.3. The van der Waals surface area contributed by atoms with E-state index in [1.807, 2.05) is 13.1 Å². The van der Waals surface area contributed by atoms with Crippen LogP contribution < -0.4 is 10.1 Å². The van der Waals surface area contributed by atoms with Gasteiger partial charge < -0.3 is 19.2 Å². The number of pyridine rings is 2. The molecule has 30 heavy (non-hydrogen) atoms. The third kappa shape index (κ3) is 4.40. The fourth-order valence-electron chi connectivity index (χ4n) is 3.48. The van der Waals surface area contributed by atoms with Crippen molar-refractivity contribution in [2.24, 2.45) is 5.92 Å². The third-order valence-corrected chi connectivity index (χ3v) is 4.91. The van der Waals surface area contributed by atoms with E-state index in [-0.39, 0.29) is 11.4 Å². The Bertz CT molecular complexity index is 1050. The van der Waals surface area contributed by atoms with Crippen LogP contribution in [0.2, 0.25) is 0 Å². The zero-order valence-electron chi connectivity index (χ0n) is 16.5. The maximum atomic E-state index is 12.9. The van der Waals surface area contributed by atoms with Gasteiger partial charge in [-0.1, -0.05) is 6.07 Å². The molecule has 1 N–H and O–H groups in total. The van der Waals surface area contributed by atoms with E-state index in [9.17, 15) is 13.6 Å². The molecule has 0 radical (unpaired) electrons. The zero-order chi connectivity index (χ0) is 21.1. The summed E-state index contributed by atoms with van der Waals surface area (Å²) in [4.78, 5) is 21.3. The number of rotatable bonds is 7. The molecule has 1 aliphatic rings. The van der Waals surface area contributed by atoms with E-state index < -0.39 is 18.0 Å². The SMILES string of the molecule is CCOc1cc2nc(C[C@H]3CCOC3)cn2cc1C(=O)Nc1cccc(C(F)F)n1. The fraction of sp³-hybridized carbons (Fsp3) is 0.381. The fourth-order valence-corrected chi connectivity index (χ4v) is 3.48. The van der Waals surface area contributed by atoms with Crippen LogP contribution in [0.5, 0.6) is 5.75 Å². The van der Waals surface area contributed by atoms with Gasteiger partial charge in [-0.25, -0.2) is 18.7 Å². The van der Waals surface area contributed by atoms with Crippen LogP contribution in [0.1, 0.15) is 41.5 Å². The van der Waals surface area contributed by atoms with Crippen molar-refractivity contribution in [3.63, 3.8) is 0 Å². The average Bonchev–Trinajstić information content (AvgIpc) is 3.37. The van der Waals surface area contributed by atoms with Gasteiger partial charge in [0.05, 0.1) is 17.9 Å². The second kappa shape index (κ2) is 8.74. The maximum absolute atomic E-state index is 12.9.